The Morgan fingerprint density at radius 1 is 1.42 bits per heavy atom. The Hall–Kier alpha value is -0.390. The molecule has 5 heteroatoms. The predicted molar refractivity (Wildman–Crippen MR) is 45.7 cm³/mol. The molecule has 0 aliphatic rings. The second-order valence-electron chi connectivity index (χ2n) is 2.09. The van der Waals surface area contributed by atoms with Crippen molar-refractivity contribution in [2.24, 2.45) is 0 Å². The van der Waals surface area contributed by atoms with Crippen LogP contribution in [0.4, 0.5) is 4.79 Å². The molecule has 0 aromatic carbocycles. The molecular formula is C7H13O4S. The van der Waals surface area contributed by atoms with Crippen LogP contribution in [0.15, 0.2) is 0 Å². The van der Waals surface area contributed by atoms with Gasteiger partial charge in [-0.15, -0.1) is 0 Å². The summed E-state index contributed by atoms with van der Waals surface area (Å²) in [4.78, 5) is 10.3. The predicted octanol–water partition coefficient (Wildman–Crippen LogP) is 2.07. The summed E-state index contributed by atoms with van der Waals surface area (Å²) < 4.78 is 14.7. The van der Waals surface area contributed by atoms with Gasteiger partial charge in [0.2, 0.25) is 6.29 Å². The topological polar surface area (TPSA) is 44.8 Å². The molecule has 0 amide bonds. The molecule has 0 saturated carbocycles. The van der Waals surface area contributed by atoms with Gasteiger partial charge in [0, 0.05) is 19.2 Å². The zero-order valence-corrected chi connectivity index (χ0v) is 8.22. The molecule has 12 heavy (non-hydrogen) atoms. The Morgan fingerprint density at radius 2 is 2.00 bits per heavy atom. The Morgan fingerprint density at radius 3 is 2.42 bits per heavy atom. The quantitative estimate of drug-likeness (QED) is 0.495. The normalized spacial score (nSPS) is 15.2. The molecule has 0 heterocycles. The molecule has 1 radical (unpaired) electrons. The third-order valence-corrected chi connectivity index (χ3v) is 1.14. The maximum atomic E-state index is 10.3. The number of carbonyl (C=O) groups excluding carboxylic acids is 1. The summed E-state index contributed by atoms with van der Waals surface area (Å²) >= 11 is 4.19. The second kappa shape index (κ2) is 6.16. The van der Waals surface area contributed by atoms with Gasteiger partial charge in [0.05, 0.1) is 0 Å². The van der Waals surface area contributed by atoms with Gasteiger partial charge in [0.25, 0.3) is 0 Å². The standard InChI is InChI=1S/C7H13O4S/c1-4-9-5(2)10-6(3)11-7(8)12/h5-6H,4H2,1-3H3. The number of rotatable bonds is 5. The van der Waals surface area contributed by atoms with E-state index in [-0.39, 0.29) is 6.29 Å². The largest absolute Gasteiger partial charge is 0.424 e. The summed E-state index contributed by atoms with van der Waals surface area (Å²) in [7, 11) is 0. The van der Waals surface area contributed by atoms with E-state index in [4.69, 9.17) is 9.47 Å². The van der Waals surface area contributed by atoms with E-state index >= 15 is 0 Å². The first-order valence-corrected chi connectivity index (χ1v) is 4.11. The smallest absolute Gasteiger partial charge is 0.402 e. The Kier molecular flexibility index (Phi) is 5.96. The summed E-state index contributed by atoms with van der Waals surface area (Å²) in [6, 6.07) is 0. The SMILES string of the molecule is CCOC(C)OC(C)OC(=O)[S]. The van der Waals surface area contributed by atoms with Crippen molar-refractivity contribution < 1.29 is 19.0 Å². The third kappa shape index (κ3) is 6.33. The Bertz CT molecular complexity index is 139. The van der Waals surface area contributed by atoms with Crippen LogP contribution in [0, 0.1) is 0 Å². The monoisotopic (exact) mass is 193 g/mol. The van der Waals surface area contributed by atoms with E-state index < -0.39 is 11.6 Å². The third-order valence-electron chi connectivity index (χ3n) is 1.05. The van der Waals surface area contributed by atoms with Crippen LogP contribution in [0.3, 0.4) is 0 Å². The van der Waals surface area contributed by atoms with E-state index in [1.54, 1.807) is 13.8 Å². The molecule has 0 fully saturated rings. The highest BCUT2D eigenvalue weighted by molar-refractivity contribution is 7.96. The van der Waals surface area contributed by atoms with Gasteiger partial charge < -0.3 is 14.2 Å². The van der Waals surface area contributed by atoms with Gasteiger partial charge in [-0.2, -0.15) is 0 Å². The lowest BCUT2D eigenvalue weighted by Crippen LogP contribution is -2.22. The molecule has 0 aliphatic carbocycles. The highest BCUT2D eigenvalue weighted by atomic mass is 32.1. The molecule has 0 spiro atoms. The van der Waals surface area contributed by atoms with Crippen LogP contribution in [-0.4, -0.2) is 24.5 Å². The minimum absolute atomic E-state index is 0.389. The lowest BCUT2D eigenvalue weighted by Gasteiger charge is -2.17. The molecular weight excluding hydrogens is 180 g/mol. The summed E-state index contributed by atoms with van der Waals surface area (Å²) in [6.45, 7) is 5.70. The molecule has 71 valence electrons. The van der Waals surface area contributed by atoms with Crippen LogP contribution < -0.4 is 0 Å². The number of hydrogen-bond acceptors (Lipinski definition) is 4. The van der Waals surface area contributed by atoms with E-state index in [0.29, 0.717) is 6.61 Å². The highest BCUT2D eigenvalue weighted by Gasteiger charge is 2.10. The van der Waals surface area contributed by atoms with Gasteiger partial charge in [-0.1, -0.05) is 0 Å². The minimum Gasteiger partial charge on any atom is -0.424 e. The van der Waals surface area contributed by atoms with Crippen molar-refractivity contribution in [3.63, 3.8) is 0 Å². The minimum atomic E-state index is -0.772. The van der Waals surface area contributed by atoms with Crippen LogP contribution in [0.2, 0.25) is 0 Å². The van der Waals surface area contributed by atoms with Gasteiger partial charge in [0.15, 0.2) is 6.29 Å². The molecule has 0 saturated heterocycles. The molecule has 4 nitrogen and oxygen atoms in total. The fourth-order valence-corrected chi connectivity index (χ4v) is 0.843. The van der Waals surface area contributed by atoms with E-state index in [1.807, 2.05) is 6.92 Å². The number of hydrogen-bond donors (Lipinski definition) is 0. The average molecular weight is 193 g/mol. The number of carbonyl (C=O) groups is 1. The molecule has 0 rings (SSSR count). The van der Waals surface area contributed by atoms with Crippen molar-refractivity contribution in [2.75, 3.05) is 6.61 Å². The molecule has 0 aliphatic heterocycles. The zero-order chi connectivity index (χ0) is 9.56. The van der Waals surface area contributed by atoms with Crippen molar-refractivity contribution in [3.8, 4) is 0 Å². The fraction of sp³-hybridized carbons (Fsp3) is 0.857. The fourth-order valence-electron chi connectivity index (χ4n) is 0.707. The second-order valence-corrected chi connectivity index (χ2v) is 2.43. The summed E-state index contributed by atoms with van der Waals surface area (Å²) in [5.74, 6) is 0. The Balaban J connectivity index is 3.53. The molecule has 0 aromatic rings. The van der Waals surface area contributed by atoms with Crippen LogP contribution in [-0.2, 0) is 14.2 Å². The first-order valence-electron chi connectivity index (χ1n) is 3.71. The van der Waals surface area contributed by atoms with Gasteiger partial charge in [-0.3, -0.25) is 0 Å². The van der Waals surface area contributed by atoms with Crippen molar-refractivity contribution in [3.05, 3.63) is 0 Å². The lowest BCUT2D eigenvalue weighted by atomic mass is 10.7. The summed E-state index contributed by atoms with van der Waals surface area (Å²) in [6.07, 6.45) is -1.05. The van der Waals surface area contributed by atoms with Crippen LogP contribution in [0.25, 0.3) is 0 Å². The van der Waals surface area contributed by atoms with Crippen LogP contribution in [0.1, 0.15) is 20.8 Å². The number of ether oxygens (including phenoxy) is 3. The van der Waals surface area contributed by atoms with Crippen molar-refractivity contribution >= 4 is 17.9 Å². The molecule has 0 N–H and O–H groups in total. The van der Waals surface area contributed by atoms with Gasteiger partial charge >= 0.3 is 5.30 Å². The molecule has 0 bridgehead atoms. The van der Waals surface area contributed by atoms with Crippen LogP contribution in [0.5, 0.6) is 0 Å². The van der Waals surface area contributed by atoms with Crippen molar-refractivity contribution in [2.45, 2.75) is 33.4 Å². The Labute approximate surface area is 77.6 Å². The van der Waals surface area contributed by atoms with Gasteiger partial charge in [-0.05, 0) is 20.8 Å². The summed E-state index contributed by atoms with van der Waals surface area (Å²) in [5.41, 5.74) is 0. The lowest BCUT2D eigenvalue weighted by molar-refractivity contribution is -0.208. The molecule has 2 unspecified atom stereocenters. The summed E-state index contributed by atoms with van der Waals surface area (Å²) in [5, 5.41) is -0.772. The van der Waals surface area contributed by atoms with Gasteiger partial charge in [-0.25, -0.2) is 4.79 Å². The van der Waals surface area contributed by atoms with E-state index in [9.17, 15) is 4.79 Å². The highest BCUT2D eigenvalue weighted by Crippen LogP contribution is 2.02. The van der Waals surface area contributed by atoms with E-state index in [0.717, 1.165) is 0 Å². The molecule has 0 aromatic heterocycles. The first-order chi connectivity index (χ1) is 5.56. The maximum Gasteiger partial charge on any atom is 0.402 e. The zero-order valence-electron chi connectivity index (χ0n) is 7.40. The first kappa shape index (κ1) is 11.6. The maximum absolute atomic E-state index is 10.3. The average Bonchev–Trinajstić information content (AvgIpc) is 1.84. The van der Waals surface area contributed by atoms with Crippen LogP contribution >= 0.6 is 12.6 Å². The van der Waals surface area contributed by atoms with E-state index in [1.165, 1.54) is 0 Å². The van der Waals surface area contributed by atoms with Gasteiger partial charge in [0.1, 0.15) is 0 Å². The molecule has 2 atom stereocenters. The van der Waals surface area contributed by atoms with Crippen molar-refractivity contribution in [1.29, 1.82) is 0 Å². The van der Waals surface area contributed by atoms with E-state index in [2.05, 4.69) is 17.4 Å². The van der Waals surface area contributed by atoms with Crippen molar-refractivity contribution in [1.82, 2.24) is 0 Å².